The Bertz CT molecular complexity index is 347. The molecule has 2 atom stereocenters. The topological polar surface area (TPSA) is 12.0 Å². The van der Waals surface area contributed by atoms with Gasteiger partial charge in [-0.25, -0.2) is 0 Å². The molecule has 100 valence electrons. The summed E-state index contributed by atoms with van der Waals surface area (Å²) in [7, 11) is 0. The smallest absolute Gasteiger partial charge is 0.0130 e. The minimum atomic E-state index is 0.733. The third-order valence-corrected chi connectivity index (χ3v) is 4.76. The molecule has 18 heavy (non-hydrogen) atoms. The molecule has 0 aromatic heterocycles. The van der Waals surface area contributed by atoms with Gasteiger partial charge < -0.3 is 5.32 Å². The SMILES string of the molecule is CCNC1CCCCCC1Cc1ccc(I)cc1. The Morgan fingerprint density at radius 2 is 1.83 bits per heavy atom. The van der Waals surface area contributed by atoms with Crippen LogP contribution in [0.5, 0.6) is 0 Å². The predicted molar refractivity (Wildman–Crippen MR) is 86.9 cm³/mol. The summed E-state index contributed by atoms with van der Waals surface area (Å²) in [6, 6.07) is 9.80. The van der Waals surface area contributed by atoms with Gasteiger partial charge in [-0.1, -0.05) is 38.3 Å². The van der Waals surface area contributed by atoms with Crippen molar-refractivity contribution in [3.05, 3.63) is 33.4 Å². The van der Waals surface area contributed by atoms with Crippen LogP contribution in [0.3, 0.4) is 0 Å². The zero-order valence-corrected chi connectivity index (χ0v) is 13.4. The molecule has 1 nitrogen and oxygen atoms in total. The molecule has 1 saturated carbocycles. The number of benzene rings is 1. The molecule has 0 bridgehead atoms. The third kappa shape index (κ3) is 4.23. The largest absolute Gasteiger partial charge is 0.314 e. The van der Waals surface area contributed by atoms with Crippen molar-refractivity contribution in [1.29, 1.82) is 0 Å². The van der Waals surface area contributed by atoms with Crippen LogP contribution in [-0.4, -0.2) is 12.6 Å². The molecule has 2 rings (SSSR count). The molecular weight excluding hydrogens is 333 g/mol. The molecule has 1 fully saturated rings. The minimum absolute atomic E-state index is 0.733. The summed E-state index contributed by atoms with van der Waals surface area (Å²) in [5, 5.41) is 3.70. The summed E-state index contributed by atoms with van der Waals surface area (Å²) in [5.74, 6) is 0.826. The van der Waals surface area contributed by atoms with Crippen LogP contribution in [0.1, 0.15) is 44.6 Å². The average Bonchev–Trinajstić information content (AvgIpc) is 2.59. The minimum Gasteiger partial charge on any atom is -0.314 e. The lowest BCUT2D eigenvalue weighted by atomic mass is 9.88. The number of hydrogen-bond donors (Lipinski definition) is 1. The summed E-state index contributed by atoms with van der Waals surface area (Å²) < 4.78 is 1.33. The van der Waals surface area contributed by atoms with E-state index < -0.39 is 0 Å². The fraction of sp³-hybridized carbons (Fsp3) is 0.625. The Labute approximate surface area is 125 Å². The molecular formula is C16H24IN. The van der Waals surface area contributed by atoms with E-state index in [4.69, 9.17) is 0 Å². The first-order valence-corrected chi connectivity index (χ1v) is 8.35. The normalized spacial score (nSPS) is 24.8. The van der Waals surface area contributed by atoms with E-state index in [-0.39, 0.29) is 0 Å². The summed E-state index contributed by atoms with van der Waals surface area (Å²) >= 11 is 2.38. The maximum absolute atomic E-state index is 3.70. The van der Waals surface area contributed by atoms with E-state index in [2.05, 4.69) is 59.1 Å². The van der Waals surface area contributed by atoms with Crippen LogP contribution in [0.15, 0.2) is 24.3 Å². The van der Waals surface area contributed by atoms with Gasteiger partial charge in [0, 0.05) is 9.61 Å². The van der Waals surface area contributed by atoms with Gasteiger partial charge in [0.2, 0.25) is 0 Å². The molecule has 2 heteroatoms. The van der Waals surface area contributed by atoms with Crippen molar-refractivity contribution in [2.45, 2.75) is 51.5 Å². The van der Waals surface area contributed by atoms with E-state index in [0.717, 1.165) is 18.5 Å². The molecule has 1 aromatic carbocycles. The van der Waals surface area contributed by atoms with Crippen molar-refractivity contribution in [2.75, 3.05) is 6.54 Å². The first-order valence-electron chi connectivity index (χ1n) is 7.27. The Balaban J connectivity index is 2.01. The van der Waals surface area contributed by atoms with Gasteiger partial charge in [0.25, 0.3) is 0 Å². The highest BCUT2D eigenvalue weighted by Gasteiger charge is 2.22. The molecule has 0 saturated heterocycles. The quantitative estimate of drug-likeness (QED) is 0.623. The molecule has 1 aliphatic rings. The van der Waals surface area contributed by atoms with Gasteiger partial charge in [0.05, 0.1) is 0 Å². The first-order chi connectivity index (χ1) is 8.79. The molecule has 0 aliphatic heterocycles. The summed E-state index contributed by atoms with van der Waals surface area (Å²) in [5.41, 5.74) is 1.50. The highest BCUT2D eigenvalue weighted by Crippen LogP contribution is 2.26. The second-order valence-corrected chi connectivity index (χ2v) is 6.64. The van der Waals surface area contributed by atoms with E-state index in [1.807, 2.05) is 0 Å². The van der Waals surface area contributed by atoms with Crippen molar-refractivity contribution in [3.8, 4) is 0 Å². The Morgan fingerprint density at radius 3 is 2.56 bits per heavy atom. The van der Waals surface area contributed by atoms with Gasteiger partial charge >= 0.3 is 0 Å². The fourth-order valence-electron chi connectivity index (χ4n) is 3.08. The van der Waals surface area contributed by atoms with Crippen LogP contribution in [0.25, 0.3) is 0 Å². The third-order valence-electron chi connectivity index (χ3n) is 4.04. The van der Waals surface area contributed by atoms with Gasteiger partial charge in [0.1, 0.15) is 0 Å². The molecule has 0 heterocycles. The van der Waals surface area contributed by atoms with E-state index >= 15 is 0 Å². The van der Waals surface area contributed by atoms with Crippen LogP contribution in [0.2, 0.25) is 0 Å². The number of halogens is 1. The van der Waals surface area contributed by atoms with Crippen molar-refractivity contribution < 1.29 is 0 Å². The number of hydrogen-bond acceptors (Lipinski definition) is 1. The van der Waals surface area contributed by atoms with Gasteiger partial charge in [-0.2, -0.15) is 0 Å². The van der Waals surface area contributed by atoms with E-state index in [9.17, 15) is 0 Å². The maximum Gasteiger partial charge on any atom is 0.0130 e. The lowest BCUT2D eigenvalue weighted by Gasteiger charge is -2.26. The number of rotatable bonds is 4. The van der Waals surface area contributed by atoms with Crippen LogP contribution in [0, 0.1) is 9.49 Å². The van der Waals surface area contributed by atoms with E-state index in [0.29, 0.717) is 0 Å². The lowest BCUT2D eigenvalue weighted by Crippen LogP contribution is -2.36. The fourth-order valence-corrected chi connectivity index (χ4v) is 3.44. The van der Waals surface area contributed by atoms with Crippen molar-refractivity contribution in [2.24, 2.45) is 5.92 Å². The van der Waals surface area contributed by atoms with E-state index in [1.165, 1.54) is 47.7 Å². The van der Waals surface area contributed by atoms with E-state index in [1.54, 1.807) is 0 Å². The standard InChI is InChI=1S/C16H24IN/c1-2-18-16-7-5-3-4-6-14(16)12-13-8-10-15(17)11-9-13/h8-11,14,16,18H,2-7,12H2,1H3. The Morgan fingerprint density at radius 1 is 1.11 bits per heavy atom. The zero-order chi connectivity index (χ0) is 12.8. The van der Waals surface area contributed by atoms with Gasteiger partial charge in [-0.15, -0.1) is 0 Å². The summed E-state index contributed by atoms with van der Waals surface area (Å²) in [6.45, 7) is 3.33. The van der Waals surface area contributed by atoms with Crippen LogP contribution < -0.4 is 5.32 Å². The first kappa shape index (κ1) is 14.3. The molecule has 1 aliphatic carbocycles. The van der Waals surface area contributed by atoms with Gasteiger partial charge in [-0.05, 0) is 72.0 Å². The van der Waals surface area contributed by atoms with Crippen LogP contribution in [0.4, 0.5) is 0 Å². The Hall–Kier alpha value is -0.0900. The van der Waals surface area contributed by atoms with Crippen molar-refractivity contribution in [1.82, 2.24) is 5.32 Å². The zero-order valence-electron chi connectivity index (χ0n) is 11.3. The number of nitrogens with one attached hydrogen (secondary N) is 1. The Kier molecular flexibility index (Phi) is 5.96. The lowest BCUT2D eigenvalue weighted by molar-refractivity contribution is 0.337. The molecule has 0 amide bonds. The predicted octanol–water partition coefficient (Wildman–Crippen LogP) is 4.39. The second-order valence-electron chi connectivity index (χ2n) is 5.39. The monoisotopic (exact) mass is 357 g/mol. The van der Waals surface area contributed by atoms with Crippen LogP contribution >= 0.6 is 22.6 Å². The molecule has 1 aromatic rings. The second kappa shape index (κ2) is 7.49. The van der Waals surface area contributed by atoms with Crippen molar-refractivity contribution >= 4 is 22.6 Å². The molecule has 1 N–H and O–H groups in total. The van der Waals surface area contributed by atoms with Crippen molar-refractivity contribution in [3.63, 3.8) is 0 Å². The molecule has 2 unspecified atom stereocenters. The highest BCUT2D eigenvalue weighted by molar-refractivity contribution is 14.1. The van der Waals surface area contributed by atoms with Gasteiger partial charge in [0.15, 0.2) is 0 Å². The summed E-state index contributed by atoms with van der Waals surface area (Å²) in [6.07, 6.45) is 8.24. The van der Waals surface area contributed by atoms with Gasteiger partial charge in [-0.3, -0.25) is 0 Å². The van der Waals surface area contributed by atoms with Crippen LogP contribution in [-0.2, 0) is 6.42 Å². The molecule has 0 radical (unpaired) electrons. The molecule has 0 spiro atoms. The highest BCUT2D eigenvalue weighted by atomic mass is 127. The average molecular weight is 357 g/mol. The summed E-state index contributed by atoms with van der Waals surface area (Å²) in [4.78, 5) is 0. The maximum atomic E-state index is 3.70.